The van der Waals surface area contributed by atoms with Crippen LogP contribution in [0.15, 0.2) is 23.1 Å². The zero-order valence-corrected chi connectivity index (χ0v) is 7.85. The number of ether oxygens (including phenoxy) is 1. The second-order valence-electron chi connectivity index (χ2n) is 2.20. The molecule has 64 valence electrons. The lowest BCUT2D eigenvalue weighted by atomic mass is 10.2. The summed E-state index contributed by atoms with van der Waals surface area (Å²) in [7, 11) is 1.60. The van der Waals surface area contributed by atoms with Crippen molar-refractivity contribution in [2.24, 2.45) is 0 Å². The summed E-state index contributed by atoms with van der Waals surface area (Å²) in [6, 6.07) is 5.43. The van der Waals surface area contributed by atoms with Crippen molar-refractivity contribution in [2.75, 3.05) is 13.4 Å². The molecule has 0 N–H and O–H groups in total. The lowest BCUT2D eigenvalue weighted by Crippen LogP contribution is -1.90. The molecule has 0 saturated carbocycles. The molecule has 12 heavy (non-hydrogen) atoms. The van der Waals surface area contributed by atoms with E-state index < -0.39 is 0 Å². The number of carbonyl (C=O) groups excluding carboxylic acids is 1. The van der Waals surface area contributed by atoms with Crippen LogP contribution in [0.4, 0.5) is 0 Å². The van der Waals surface area contributed by atoms with Crippen molar-refractivity contribution >= 4 is 18.0 Å². The number of aldehydes is 1. The van der Waals surface area contributed by atoms with Gasteiger partial charge in [0.15, 0.2) is 6.29 Å². The Hall–Kier alpha value is -0.960. The third-order valence-corrected chi connectivity index (χ3v) is 2.41. The van der Waals surface area contributed by atoms with E-state index in [2.05, 4.69) is 0 Å². The van der Waals surface area contributed by atoms with Gasteiger partial charge in [-0.3, -0.25) is 4.79 Å². The number of carbonyl (C=O) groups is 1. The minimum Gasteiger partial charge on any atom is -0.496 e. The Morgan fingerprint density at radius 3 is 2.75 bits per heavy atom. The van der Waals surface area contributed by atoms with Gasteiger partial charge in [-0.05, 0) is 12.3 Å². The van der Waals surface area contributed by atoms with Gasteiger partial charge in [-0.25, -0.2) is 0 Å². The van der Waals surface area contributed by atoms with Crippen LogP contribution in [0.2, 0.25) is 0 Å². The first-order valence-electron chi connectivity index (χ1n) is 3.49. The summed E-state index contributed by atoms with van der Waals surface area (Å²) in [6.45, 7) is 0. The van der Waals surface area contributed by atoms with E-state index in [0.717, 1.165) is 16.9 Å². The third kappa shape index (κ3) is 1.61. The van der Waals surface area contributed by atoms with Crippen LogP contribution in [0.5, 0.6) is 5.75 Å². The van der Waals surface area contributed by atoms with Gasteiger partial charge in [0.05, 0.1) is 12.0 Å². The van der Waals surface area contributed by atoms with E-state index >= 15 is 0 Å². The molecule has 0 radical (unpaired) electrons. The highest BCUT2D eigenvalue weighted by Crippen LogP contribution is 2.29. The Morgan fingerprint density at radius 1 is 1.50 bits per heavy atom. The lowest BCUT2D eigenvalue weighted by Gasteiger charge is -2.06. The fourth-order valence-electron chi connectivity index (χ4n) is 1.00. The molecule has 2 nitrogen and oxygen atoms in total. The second-order valence-corrected chi connectivity index (χ2v) is 3.02. The molecule has 1 aromatic rings. The van der Waals surface area contributed by atoms with E-state index in [-0.39, 0.29) is 0 Å². The Kier molecular flexibility index (Phi) is 3.17. The van der Waals surface area contributed by atoms with Crippen LogP contribution in [0.25, 0.3) is 0 Å². The molecule has 0 bridgehead atoms. The van der Waals surface area contributed by atoms with Gasteiger partial charge in [0, 0.05) is 5.56 Å². The van der Waals surface area contributed by atoms with Crippen molar-refractivity contribution in [1.29, 1.82) is 0 Å². The van der Waals surface area contributed by atoms with Crippen LogP contribution in [0.3, 0.4) is 0 Å². The van der Waals surface area contributed by atoms with Crippen LogP contribution in [0.1, 0.15) is 10.4 Å². The predicted molar refractivity (Wildman–Crippen MR) is 50.2 cm³/mol. The van der Waals surface area contributed by atoms with Crippen molar-refractivity contribution in [3.05, 3.63) is 23.8 Å². The summed E-state index contributed by atoms with van der Waals surface area (Å²) in [5.74, 6) is 0.757. The molecule has 3 heteroatoms. The number of methoxy groups -OCH3 is 1. The Morgan fingerprint density at radius 2 is 2.25 bits per heavy atom. The number of benzene rings is 1. The van der Waals surface area contributed by atoms with E-state index in [9.17, 15) is 4.79 Å². The van der Waals surface area contributed by atoms with Crippen molar-refractivity contribution in [2.45, 2.75) is 4.90 Å². The van der Waals surface area contributed by atoms with Crippen LogP contribution < -0.4 is 4.74 Å². The summed E-state index contributed by atoms with van der Waals surface area (Å²) in [5, 5.41) is 0. The van der Waals surface area contributed by atoms with Crippen LogP contribution >= 0.6 is 11.8 Å². The highest BCUT2D eigenvalue weighted by molar-refractivity contribution is 7.98. The molecule has 0 atom stereocenters. The maximum absolute atomic E-state index is 10.6. The summed E-state index contributed by atoms with van der Waals surface area (Å²) in [4.78, 5) is 11.5. The summed E-state index contributed by atoms with van der Waals surface area (Å²) in [6.07, 6.45) is 2.76. The van der Waals surface area contributed by atoms with Gasteiger partial charge in [-0.15, -0.1) is 11.8 Å². The first-order chi connectivity index (χ1) is 5.83. The third-order valence-electron chi connectivity index (χ3n) is 1.56. The number of hydrogen-bond acceptors (Lipinski definition) is 3. The fourth-order valence-corrected chi connectivity index (χ4v) is 1.71. The Balaban J connectivity index is 3.21. The molecule has 1 rings (SSSR count). The Bertz CT molecular complexity index is 284. The summed E-state index contributed by atoms with van der Waals surface area (Å²) < 4.78 is 5.10. The van der Waals surface area contributed by atoms with E-state index in [4.69, 9.17) is 4.74 Å². The Labute approximate surface area is 75.9 Å². The highest BCUT2D eigenvalue weighted by Gasteiger charge is 2.05. The minimum absolute atomic E-state index is 0.682. The molecule has 0 aliphatic heterocycles. The molecule has 0 amide bonds. The molecule has 0 aliphatic carbocycles. The molecule has 0 aromatic heterocycles. The van der Waals surface area contributed by atoms with E-state index in [1.165, 1.54) is 11.8 Å². The van der Waals surface area contributed by atoms with Crippen molar-refractivity contribution in [3.63, 3.8) is 0 Å². The first-order valence-corrected chi connectivity index (χ1v) is 4.72. The minimum atomic E-state index is 0.682. The second kappa shape index (κ2) is 4.16. The molecular formula is C9H10O2S. The average Bonchev–Trinajstić information content (AvgIpc) is 2.16. The maximum atomic E-state index is 10.6. The normalized spacial score (nSPS) is 9.50. The zero-order valence-electron chi connectivity index (χ0n) is 7.03. The van der Waals surface area contributed by atoms with Gasteiger partial charge in [-0.2, -0.15) is 0 Å². The molecule has 0 fully saturated rings. The van der Waals surface area contributed by atoms with Gasteiger partial charge in [-0.1, -0.05) is 12.1 Å². The van der Waals surface area contributed by atoms with Crippen molar-refractivity contribution in [1.82, 2.24) is 0 Å². The largest absolute Gasteiger partial charge is 0.496 e. The van der Waals surface area contributed by atoms with Gasteiger partial charge >= 0.3 is 0 Å². The van der Waals surface area contributed by atoms with E-state index in [1.54, 1.807) is 13.2 Å². The lowest BCUT2D eigenvalue weighted by molar-refractivity contribution is 0.112. The summed E-state index contributed by atoms with van der Waals surface area (Å²) >= 11 is 1.51. The van der Waals surface area contributed by atoms with Crippen LogP contribution in [0, 0.1) is 0 Å². The smallest absolute Gasteiger partial charge is 0.151 e. The zero-order chi connectivity index (χ0) is 8.97. The molecule has 0 aliphatic rings. The molecule has 0 saturated heterocycles. The quantitative estimate of drug-likeness (QED) is 0.529. The van der Waals surface area contributed by atoms with E-state index in [0.29, 0.717) is 5.56 Å². The van der Waals surface area contributed by atoms with Crippen LogP contribution in [-0.2, 0) is 0 Å². The fraction of sp³-hybridized carbons (Fsp3) is 0.222. The predicted octanol–water partition coefficient (Wildman–Crippen LogP) is 2.23. The van der Waals surface area contributed by atoms with Gasteiger partial charge in [0.2, 0.25) is 0 Å². The maximum Gasteiger partial charge on any atom is 0.151 e. The van der Waals surface area contributed by atoms with E-state index in [1.807, 2.05) is 18.4 Å². The molecule has 0 spiro atoms. The van der Waals surface area contributed by atoms with Gasteiger partial charge in [0.1, 0.15) is 5.75 Å². The molecule has 0 unspecified atom stereocenters. The average molecular weight is 182 g/mol. The number of rotatable bonds is 3. The topological polar surface area (TPSA) is 26.3 Å². The van der Waals surface area contributed by atoms with Crippen molar-refractivity contribution < 1.29 is 9.53 Å². The van der Waals surface area contributed by atoms with Gasteiger partial charge in [0.25, 0.3) is 0 Å². The summed E-state index contributed by atoms with van der Waals surface area (Å²) in [5.41, 5.74) is 0.682. The molecular weight excluding hydrogens is 172 g/mol. The highest BCUT2D eigenvalue weighted by atomic mass is 32.2. The number of hydrogen-bond donors (Lipinski definition) is 0. The van der Waals surface area contributed by atoms with Crippen LogP contribution in [-0.4, -0.2) is 19.7 Å². The van der Waals surface area contributed by atoms with Gasteiger partial charge < -0.3 is 4.74 Å². The number of thioether (sulfide) groups is 1. The first kappa shape index (κ1) is 9.13. The standard InChI is InChI=1S/C9H10O2S/c1-11-8-5-3-4-7(6-10)9(8)12-2/h3-6H,1-2H3. The van der Waals surface area contributed by atoms with Crippen molar-refractivity contribution in [3.8, 4) is 5.75 Å². The molecule has 0 heterocycles. The monoisotopic (exact) mass is 182 g/mol. The molecule has 1 aromatic carbocycles. The SMILES string of the molecule is COc1cccc(C=O)c1SC.